The average molecular weight is 1550 g/mol. The van der Waals surface area contributed by atoms with E-state index in [2.05, 4.69) is 37.2 Å². The largest absolute Gasteiger partial charge is 0.394 e. The zero-order valence-electron chi connectivity index (χ0n) is 60.4. The fourth-order valence-electron chi connectivity index (χ4n) is 10.7. The molecule has 43 heteroatoms. The van der Waals surface area contributed by atoms with Gasteiger partial charge in [-0.3, -0.25) is 43.2 Å². The van der Waals surface area contributed by atoms with Crippen molar-refractivity contribution in [2.24, 2.45) is 0 Å². The summed E-state index contributed by atoms with van der Waals surface area (Å²) in [4.78, 5) is 131. The third kappa shape index (κ3) is 36.1. The van der Waals surface area contributed by atoms with Crippen LogP contribution in [0, 0.1) is 0 Å². The average Bonchev–Trinajstić information content (AvgIpc) is 1.79. The molecule has 0 spiro atoms. The van der Waals surface area contributed by atoms with Crippen LogP contribution in [0.25, 0.3) is 0 Å². The van der Waals surface area contributed by atoms with E-state index in [1.54, 1.807) is 0 Å². The van der Waals surface area contributed by atoms with Gasteiger partial charge >= 0.3 is 5.97 Å². The summed E-state index contributed by atoms with van der Waals surface area (Å²) < 4.78 is 82.5. The quantitative estimate of drug-likeness (QED) is 0.0199. The fraction of sp³-hybridized carbons (Fsp3) is 0.844. The number of unbranched alkanes of at least 4 members (excludes halogenated alkanes) is 2. The second-order valence-corrected chi connectivity index (χ2v) is 24.6. The monoisotopic (exact) mass is 1550 g/mol. The van der Waals surface area contributed by atoms with E-state index in [-0.39, 0.29) is 197 Å². The number of hydroxylamine groups is 2. The second kappa shape index (κ2) is 53.7. The molecule has 0 aromatic rings. The molecule has 0 aromatic carbocycles. The maximum absolute atomic E-state index is 14.1. The molecule has 0 aliphatic carbocycles. The zero-order chi connectivity index (χ0) is 78.5. The van der Waals surface area contributed by atoms with Gasteiger partial charge in [-0.15, -0.1) is 5.06 Å². The lowest BCUT2D eigenvalue weighted by atomic mass is 9.97. The summed E-state index contributed by atoms with van der Waals surface area (Å²) in [5, 5.41) is 109. The third-order valence-electron chi connectivity index (χ3n) is 16.1. The number of nitrogens with one attached hydrogen (secondary N) is 7. The Hall–Kier alpha value is -6.06. The minimum Gasteiger partial charge on any atom is -0.394 e. The molecule has 4 unspecified atom stereocenters. The highest BCUT2D eigenvalue weighted by Crippen LogP contribution is 2.25. The molecular weight excluding hydrogens is 1440 g/mol. The summed E-state index contributed by atoms with van der Waals surface area (Å²) in [5.41, 5.74) is 0. The first-order chi connectivity index (χ1) is 51.4. The molecular formula is C64H110N8O35. The molecule has 4 rings (SSSR count). The first-order valence-corrected chi connectivity index (χ1v) is 35.3. The molecule has 0 aromatic heterocycles. The SMILES string of the molecule is CC(=O)N[C@H]1[C@H](OCCOCCOCCOCC(=O)NC(CCCCNC(=O)COCCOCCOCCO[C@@H]2O[C@H](CO)[C@H](O)C(O)[C@H]2NC(C)=O)C(=O)NC(CCCCNC(=O)COCCOCCOCCO[C@@H]2O[C@H](CO)[C@H](O)C(O)[C@H]2NC(C)=O)C(=O)ON2C(=O)CCC2=O)O[C@H](CO)[C@H](O)[C@@H]1O. The Morgan fingerprint density at radius 2 is 0.701 bits per heavy atom. The summed E-state index contributed by atoms with van der Waals surface area (Å²) in [7, 11) is 0. The Morgan fingerprint density at radius 3 is 1.02 bits per heavy atom. The van der Waals surface area contributed by atoms with Crippen LogP contribution in [-0.4, -0.2) is 386 Å². The summed E-state index contributed by atoms with van der Waals surface area (Å²) in [6, 6.07) is -6.13. The van der Waals surface area contributed by atoms with E-state index in [4.69, 9.17) is 75.9 Å². The number of ether oxygens (including phenoxy) is 15. The van der Waals surface area contributed by atoms with Crippen LogP contribution < -0.4 is 37.2 Å². The Bertz CT molecular complexity index is 2610. The lowest BCUT2D eigenvalue weighted by Gasteiger charge is -2.42. The molecule has 9 amide bonds. The number of amides is 9. The van der Waals surface area contributed by atoms with E-state index in [1.807, 2.05) is 0 Å². The highest BCUT2D eigenvalue weighted by molar-refractivity contribution is 6.02. The minimum absolute atomic E-state index is 0.00363. The predicted octanol–water partition coefficient (Wildman–Crippen LogP) is -9.83. The highest BCUT2D eigenvalue weighted by Gasteiger charge is 2.48. The van der Waals surface area contributed by atoms with E-state index < -0.39 is 190 Å². The normalized spacial score (nSPS) is 25.7. The molecule has 43 nitrogen and oxygen atoms in total. The van der Waals surface area contributed by atoms with E-state index in [0.29, 0.717) is 5.06 Å². The van der Waals surface area contributed by atoms with Crippen LogP contribution in [-0.2, 0) is 124 Å². The summed E-state index contributed by atoms with van der Waals surface area (Å²) >= 11 is 0. The molecule has 0 radical (unpaired) electrons. The lowest BCUT2D eigenvalue weighted by Crippen LogP contribution is -2.64. The molecule has 4 fully saturated rings. The smallest absolute Gasteiger partial charge is 0.355 e. The van der Waals surface area contributed by atoms with Gasteiger partial charge in [0, 0.05) is 46.7 Å². The van der Waals surface area contributed by atoms with Gasteiger partial charge < -0.3 is 159 Å². The lowest BCUT2D eigenvalue weighted by molar-refractivity contribution is -0.272. The Kier molecular flexibility index (Phi) is 46.9. The van der Waals surface area contributed by atoms with Gasteiger partial charge in [0.2, 0.25) is 41.4 Å². The number of hydrogen-bond acceptors (Lipinski definition) is 35. The fourth-order valence-corrected chi connectivity index (χ4v) is 10.7. The van der Waals surface area contributed by atoms with Crippen LogP contribution in [0.3, 0.4) is 0 Å². The molecule has 4 aliphatic heterocycles. The third-order valence-corrected chi connectivity index (χ3v) is 16.1. The summed E-state index contributed by atoms with van der Waals surface area (Å²) in [6.45, 7) is 1.80. The maximum Gasteiger partial charge on any atom is 0.355 e. The number of aliphatic hydroxyl groups excluding tert-OH is 9. The van der Waals surface area contributed by atoms with Crippen molar-refractivity contribution in [2.45, 2.75) is 176 Å². The molecule has 0 bridgehead atoms. The zero-order valence-corrected chi connectivity index (χ0v) is 60.4. The summed E-state index contributed by atoms with van der Waals surface area (Å²) in [6.07, 6.45) is -15.5. The number of carbonyl (C=O) groups is 10. The van der Waals surface area contributed by atoms with Gasteiger partial charge in [-0.2, -0.15) is 0 Å². The Labute approximate surface area is 617 Å². The number of imide groups is 1. The number of aliphatic hydroxyl groups is 9. The molecule has 17 atom stereocenters. The molecule has 16 N–H and O–H groups in total. The molecule has 616 valence electrons. The molecule has 107 heavy (non-hydrogen) atoms. The Morgan fingerprint density at radius 1 is 0.402 bits per heavy atom. The van der Waals surface area contributed by atoms with Crippen molar-refractivity contribution >= 4 is 59.1 Å². The second-order valence-electron chi connectivity index (χ2n) is 24.6. The van der Waals surface area contributed by atoms with Gasteiger partial charge in [0.1, 0.15) is 105 Å². The molecule has 4 aliphatic rings. The van der Waals surface area contributed by atoms with Crippen LogP contribution in [0.2, 0.25) is 0 Å². The van der Waals surface area contributed by atoms with Crippen molar-refractivity contribution in [3.63, 3.8) is 0 Å². The molecule has 4 heterocycles. The Balaban J connectivity index is 1.19. The standard InChI is InChI=1S/C64H110N8O35/c1-38(76)67-51-57(87)54(84)43(32-73)104-62(51)101-29-26-95-17-14-92-20-23-98-35-46(79)65-12-6-4-8-41(70-48(81)37-100-25-22-94-16-19-97-28-31-103-64-53(69-40(3)78)59(89)56(86)45(34-75)106-64)60(90)71-42(61(91)107-72-49(82)10-11-50(72)83)9-5-7-13-66-47(80)36-99-24-21-93-15-18-96-27-30-102-63-52(68-39(2)77)58(88)55(85)44(33-74)105-63/h41-45,51-59,62-64,73-75,84-89H,4-37H2,1-3H3,(H,65,79)(H,66,80)(H,67,76)(H,68,77)(H,69,78)(H,70,81)(H,71,90)/t41?,42?,43-,44-,45-,51-,52-,53-,54+,55+,56+,57?,58?,59-,62-,63-,64-/m1/s1. The summed E-state index contributed by atoms with van der Waals surface area (Å²) in [5.74, 6) is -6.80. The number of rotatable bonds is 57. The molecule has 4 saturated heterocycles. The number of hydrogen-bond donors (Lipinski definition) is 16. The van der Waals surface area contributed by atoms with Crippen molar-refractivity contribution in [3.8, 4) is 0 Å². The van der Waals surface area contributed by atoms with E-state index in [0.717, 1.165) is 0 Å². The number of carbonyl (C=O) groups excluding carboxylic acids is 10. The van der Waals surface area contributed by atoms with Crippen molar-refractivity contribution in [2.75, 3.05) is 172 Å². The van der Waals surface area contributed by atoms with Gasteiger partial charge in [-0.1, -0.05) is 0 Å². The van der Waals surface area contributed by atoms with Gasteiger partial charge in [0.05, 0.1) is 139 Å². The van der Waals surface area contributed by atoms with Gasteiger partial charge in [-0.25, -0.2) is 4.79 Å². The predicted molar refractivity (Wildman–Crippen MR) is 356 cm³/mol. The first kappa shape index (κ1) is 93.3. The van der Waals surface area contributed by atoms with E-state index in [1.165, 1.54) is 20.8 Å². The van der Waals surface area contributed by atoms with Crippen molar-refractivity contribution in [1.82, 2.24) is 42.3 Å². The van der Waals surface area contributed by atoms with Crippen LogP contribution >= 0.6 is 0 Å². The molecule has 0 saturated carbocycles. The van der Waals surface area contributed by atoms with Crippen LogP contribution in [0.15, 0.2) is 0 Å². The van der Waals surface area contributed by atoms with Crippen LogP contribution in [0.1, 0.15) is 72.1 Å². The first-order valence-electron chi connectivity index (χ1n) is 35.3. The highest BCUT2D eigenvalue weighted by atomic mass is 16.7. The topological polar surface area (TPSA) is 588 Å². The van der Waals surface area contributed by atoms with Gasteiger partial charge in [0.25, 0.3) is 11.8 Å². The van der Waals surface area contributed by atoms with Crippen LogP contribution in [0.4, 0.5) is 0 Å². The van der Waals surface area contributed by atoms with E-state index >= 15 is 0 Å². The minimum atomic E-state index is -1.49. The van der Waals surface area contributed by atoms with Gasteiger partial charge in [-0.05, 0) is 38.5 Å². The van der Waals surface area contributed by atoms with Crippen LogP contribution in [0.5, 0.6) is 0 Å². The maximum atomic E-state index is 14.1. The van der Waals surface area contributed by atoms with Crippen molar-refractivity contribution in [1.29, 1.82) is 0 Å². The van der Waals surface area contributed by atoms with Crippen molar-refractivity contribution < 1.29 is 170 Å². The van der Waals surface area contributed by atoms with Gasteiger partial charge in [0.15, 0.2) is 18.9 Å². The van der Waals surface area contributed by atoms with E-state index in [9.17, 15) is 93.9 Å². The number of nitrogens with zero attached hydrogens (tertiary/aromatic N) is 1. The van der Waals surface area contributed by atoms with Crippen molar-refractivity contribution in [3.05, 3.63) is 0 Å².